The molecule has 0 heterocycles. The number of carboxylic acid groups (broad SMARTS) is 1. The second-order valence-electron chi connectivity index (χ2n) is 3.14. The van der Waals surface area contributed by atoms with Gasteiger partial charge in [0.15, 0.2) is 11.5 Å². The van der Waals surface area contributed by atoms with Crippen molar-refractivity contribution in [2.75, 3.05) is 14.2 Å². The highest BCUT2D eigenvalue weighted by Gasteiger charge is 2.10. The van der Waals surface area contributed by atoms with E-state index in [1.165, 1.54) is 32.4 Å². The number of methoxy groups -OCH3 is 2. The van der Waals surface area contributed by atoms with E-state index in [-0.39, 0.29) is 0 Å². The summed E-state index contributed by atoms with van der Waals surface area (Å²) in [5.74, 6) is -0.319. The van der Waals surface area contributed by atoms with E-state index < -0.39 is 5.97 Å². The summed E-state index contributed by atoms with van der Waals surface area (Å²) >= 11 is 0. The molecule has 0 aliphatic carbocycles. The van der Waals surface area contributed by atoms with E-state index in [4.69, 9.17) is 14.6 Å². The molecule has 90 valence electrons. The molecular formula is C12H12O5. The average Bonchev–Trinajstić information content (AvgIpc) is 2.34. The van der Waals surface area contributed by atoms with Gasteiger partial charge in [-0.1, -0.05) is 0 Å². The van der Waals surface area contributed by atoms with Crippen LogP contribution in [-0.2, 0) is 4.79 Å². The van der Waals surface area contributed by atoms with Crippen molar-refractivity contribution in [3.05, 3.63) is 29.3 Å². The Morgan fingerprint density at radius 3 is 2.47 bits per heavy atom. The van der Waals surface area contributed by atoms with Crippen LogP contribution in [0.15, 0.2) is 18.2 Å². The van der Waals surface area contributed by atoms with Crippen LogP contribution >= 0.6 is 0 Å². The van der Waals surface area contributed by atoms with Crippen LogP contribution in [0.4, 0.5) is 0 Å². The first-order valence-electron chi connectivity index (χ1n) is 4.74. The number of carboxylic acids is 1. The van der Waals surface area contributed by atoms with Crippen molar-refractivity contribution < 1.29 is 24.2 Å². The number of rotatable bonds is 5. The molecule has 1 aromatic carbocycles. The lowest BCUT2D eigenvalue weighted by atomic mass is 10.1. The van der Waals surface area contributed by atoms with Crippen LogP contribution < -0.4 is 9.47 Å². The molecule has 0 saturated carbocycles. The fourth-order valence-corrected chi connectivity index (χ4v) is 1.37. The van der Waals surface area contributed by atoms with Gasteiger partial charge in [-0.15, -0.1) is 0 Å². The molecule has 0 saturated heterocycles. The summed E-state index contributed by atoms with van der Waals surface area (Å²) in [6.07, 6.45) is 2.96. The lowest BCUT2D eigenvalue weighted by molar-refractivity contribution is -0.131. The highest BCUT2D eigenvalue weighted by molar-refractivity contribution is 5.87. The maximum Gasteiger partial charge on any atom is 0.328 e. The van der Waals surface area contributed by atoms with Gasteiger partial charge in [0.1, 0.15) is 6.29 Å². The predicted molar refractivity (Wildman–Crippen MR) is 61.6 cm³/mol. The summed E-state index contributed by atoms with van der Waals surface area (Å²) in [5, 5.41) is 8.56. The first-order valence-corrected chi connectivity index (χ1v) is 4.74. The molecule has 17 heavy (non-hydrogen) atoms. The number of hydrogen-bond donors (Lipinski definition) is 1. The van der Waals surface area contributed by atoms with E-state index in [2.05, 4.69) is 0 Å². The lowest BCUT2D eigenvalue weighted by Gasteiger charge is -2.11. The molecule has 5 nitrogen and oxygen atoms in total. The fraction of sp³-hybridized carbons (Fsp3) is 0.167. The number of benzene rings is 1. The van der Waals surface area contributed by atoms with Crippen LogP contribution in [0.5, 0.6) is 11.5 Å². The zero-order chi connectivity index (χ0) is 12.8. The number of hydrogen-bond acceptors (Lipinski definition) is 4. The maximum atomic E-state index is 10.7. The van der Waals surface area contributed by atoms with Gasteiger partial charge in [0, 0.05) is 17.2 Å². The molecule has 0 bridgehead atoms. The second kappa shape index (κ2) is 5.69. The third-order valence-electron chi connectivity index (χ3n) is 2.07. The minimum Gasteiger partial charge on any atom is -0.493 e. The summed E-state index contributed by atoms with van der Waals surface area (Å²) in [5.41, 5.74) is 0.851. The van der Waals surface area contributed by atoms with Crippen LogP contribution in [-0.4, -0.2) is 31.6 Å². The Kier molecular flexibility index (Phi) is 4.28. The Hall–Kier alpha value is -2.30. The normalized spacial score (nSPS) is 10.2. The van der Waals surface area contributed by atoms with E-state index in [1.807, 2.05) is 0 Å². The maximum absolute atomic E-state index is 10.7. The summed E-state index contributed by atoms with van der Waals surface area (Å²) in [7, 11) is 2.88. The third kappa shape index (κ3) is 3.07. The van der Waals surface area contributed by atoms with Crippen molar-refractivity contribution in [3.8, 4) is 11.5 Å². The summed E-state index contributed by atoms with van der Waals surface area (Å²) in [4.78, 5) is 21.2. The number of carbonyl (C=O) groups excluding carboxylic acids is 1. The predicted octanol–water partition coefficient (Wildman–Crippen LogP) is 1.61. The molecule has 1 aromatic rings. The number of aldehydes is 1. The molecule has 5 heteroatoms. The molecule has 0 radical (unpaired) electrons. The smallest absolute Gasteiger partial charge is 0.328 e. The molecule has 0 spiro atoms. The quantitative estimate of drug-likeness (QED) is 0.621. The largest absolute Gasteiger partial charge is 0.493 e. The van der Waals surface area contributed by atoms with Gasteiger partial charge >= 0.3 is 5.97 Å². The molecule has 0 atom stereocenters. The zero-order valence-corrected chi connectivity index (χ0v) is 9.47. The Bertz CT molecular complexity index is 462. The van der Waals surface area contributed by atoms with Crippen molar-refractivity contribution in [1.29, 1.82) is 0 Å². The molecule has 1 N–H and O–H groups in total. The van der Waals surface area contributed by atoms with Crippen molar-refractivity contribution in [2.24, 2.45) is 0 Å². The van der Waals surface area contributed by atoms with Crippen LogP contribution in [0.3, 0.4) is 0 Å². The van der Waals surface area contributed by atoms with Gasteiger partial charge in [0.05, 0.1) is 14.2 Å². The number of carbonyl (C=O) groups is 2. The van der Waals surface area contributed by atoms with Gasteiger partial charge in [-0.05, 0) is 18.2 Å². The van der Waals surface area contributed by atoms with Gasteiger partial charge in [-0.3, -0.25) is 4.79 Å². The minimum absolute atomic E-state index is 0.377. The Balaban J connectivity index is 3.33. The van der Waals surface area contributed by atoms with Gasteiger partial charge < -0.3 is 14.6 Å². The van der Waals surface area contributed by atoms with E-state index in [9.17, 15) is 9.59 Å². The van der Waals surface area contributed by atoms with Crippen LogP contribution in [0.2, 0.25) is 0 Å². The topological polar surface area (TPSA) is 72.8 Å². The first-order chi connectivity index (χ1) is 8.12. The van der Waals surface area contributed by atoms with Crippen molar-refractivity contribution in [2.45, 2.75) is 0 Å². The van der Waals surface area contributed by atoms with E-state index in [0.29, 0.717) is 28.9 Å². The first kappa shape index (κ1) is 12.8. The highest BCUT2D eigenvalue weighted by atomic mass is 16.5. The summed E-state index contributed by atoms with van der Waals surface area (Å²) in [6, 6.07) is 3.04. The Morgan fingerprint density at radius 2 is 2.00 bits per heavy atom. The molecule has 0 unspecified atom stereocenters. The molecular weight excluding hydrogens is 224 g/mol. The zero-order valence-electron chi connectivity index (χ0n) is 9.47. The minimum atomic E-state index is -1.08. The van der Waals surface area contributed by atoms with Gasteiger partial charge in [0.25, 0.3) is 0 Å². The molecule has 0 aromatic heterocycles. The lowest BCUT2D eigenvalue weighted by Crippen LogP contribution is -1.96. The summed E-state index contributed by atoms with van der Waals surface area (Å²) in [6.45, 7) is 0. The Morgan fingerprint density at radius 1 is 1.29 bits per heavy atom. The van der Waals surface area contributed by atoms with E-state index >= 15 is 0 Å². The SMILES string of the molecule is COc1cc(C=O)cc(C=CC(=O)O)c1OC. The molecule has 0 aliphatic heterocycles. The van der Waals surface area contributed by atoms with E-state index in [0.717, 1.165) is 6.08 Å². The molecule has 0 fully saturated rings. The molecule has 0 aliphatic rings. The van der Waals surface area contributed by atoms with Gasteiger partial charge in [0.2, 0.25) is 0 Å². The molecule has 1 rings (SSSR count). The molecule has 0 amide bonds. The fourth-order valence-electron chi connectivity index (χ4n) is 1.37. The van der Waals surface area contributed by atoms with Crippen molar-refractivity contribution in [3.63, 3.8) is 0 Å². The van der Waals surface area contributed by atoms with Crippen molar-refractivity contribution in [1.82, 2.24) is 0 Å². The monoisotopic (exact) mass is 236 g/mol. The van der Waals surface area contributed by atoms with E-state index in [1.54, 1.807) is 0 Å². The summed E-state index contributed by atoms with van der Waals surface area (Å²) < 4.78 is 10.2. The Labute approximate surface area is 98.3 Å². The highest BCUT2D eigenvalue weighted by Crippen LogP contribution is 2.33. The number of ether oxygens (including phenoxy) is 2. The van der Waals surface area contributed by atoms with Crippen molar-refractivity contribution >= 4 is 18.3 Å². The van der Waals surface area contributed by atoms with Crippen LogP contribution in [0.1, 0.15) is 15.9 Å². The van der Waals surface area contributed by atoms with Crippen LogP contribution in [0.25, 0.3) is 6.08 Å². The number of aliphatic carboxylic acids is 1. The van der Waals surface area contributed by atoms with Crippen LogP contribution in [0, 0.1) is 0 Å². The standard InChI is InChI=1S/C12H12O5/c1-16-10-6-8(7-13)5-9(12(10)17-2)3-4-11(14)15/h3-7H,1-2H3,(H,14,15). The third-order valence-corrected chi connectivity index (χ3v) is 2.07. The van der Waals surface area contributed by atoms with Gasteiger partial charge in [-0.2, -0.15) is 0 Å². The van der Waals surface area contributed by atoms with Gasteiger partial charge in [-0.25, -0.2) is 4.79 Å². The second-order valence-corrected chi connectivity index (χ2v) is 3.14. The average molecular weight is 236 g/mol.